The van der Waals surface area contributed by atoms with Crippen LogP contribution >= 0.6 is 0 Å². The van der Waals surface area contributed by atoms with E-state index < -0.39 is 0 Å². The second-order valence-electron chi connectivity index (χ2n) is 6.57. The predicted octanol–water partition coefficient (Wildman–Crippen LogP) is 2.78. The third kappa shape index (κ3) is 4.31. The summed E-state index contributed by atoms with van der Waals surface area (Å²) in [5.74, 6) is 1.98. The first-order valence-electron chi connectivity index (χ1n) is 8.29. The first-order valence-corrected chi connectivity index (χ1v) is 8.29. The summed E-state index contributed by atoms with van der Waals surface area (Å²) >= 11 is 0. The van der Waals surface area contributed by atoms with Crippen molar-refractivity contribution in [1.82, 2.24) is 10.2 Å². The van der Waals surface area contributed by atoms with E-state index in [1.165, 1.54) is 31.2 Å². The summed E-state index contributed by atoms with van der Waals surface area (Å²) in [5.41, 5.74) is 1.33. The van der Waals surface area contributed by atoms with Crippen LogP contribution in [0, 0.1) is 5.92 Å². The predicted molar refractivity (Wildman–Crippen MR) is 83.0 cm³/mol. The minimum Gasteiger partial charge on any atom is -0.468 e. The van der Waals surface area contributed by atoms with Gasteiger partial charge < -0.3 is 14.5 Å². The van der Waals surface area contributed by atoms with E-state index in [-0.39, 0.29) is 0 Å². The fourth-order valence-electron chi connectivity index (χ4n) is 2.92. The summed E-state index contributed by atoms with van der Waals surface area (Å²) in [6.07, 6.45) is 7.22. The molecule has 2 aliphatic rings. The Morgan fingerprint density at radius 2 is 2.19 bits per heavy atom. The summed E-state index contributed by atoms with van der Waals surface area (Å²) < 4.78 is 11.0. The highest BCUT2D eigenvalue weighted by Crippen LogP contribution is 2.35. The van der Waals surface area contributed by atoms with E-state index in [4.69, 9.17) is 9.15 Å². The van der Waals surface area contributed by atoms with Crippen LogP contribution < -0.4 is 5.32 Å². The zero-order valence-electron chi connectivity index (χ0n) is 13.3. The highest BCUT2D eigenvalue weighted by Gasteiger charge is 2.32. The lowest BCUT2D eigenvalue weighted by Gasteiger charge is -2.29. The number of hydrogen-bond donors (Lipinski definition) is 1. The van der Waals surface area contributed by atoms with Gasteiger partial charge in [-0.3, -0.25) is 4.90 Å². The van der Waals surface area contributed by atoms with Crippen molar-refractivity contribution in [2.24, 2.45) is 5.92 Å². The first-order chi connectivity index (χ1) is 10.3. The number of methoxy groups -OCH3 is 1. The molecule has 1 unspecified atom stereocenters. The van der Waals surface area contributed by atoms with Gasteiger partial charge in [-0.2, -0.15) is 0 Å². The molecule has 1 heterocycles. The molecule has 1 atom stereocenters. The van der Waals surface area contributed by atoms with E-state index in [1.807, 2.05) is 6.26 Å². The molecule has 3 rings (SSSR count). The molecule has 0 bridgehead atoms. The van der Waals surface area contributed by atoms with Crippen LogP contribution in [0.1, 0.15) is 43.9 Å². The lowest BCUT2D eigenvalue weighted by atomic mass is 10.1. The maximum absolute atomic E-state index is 5.68. The highest BCUT2D eigenvalue weighted by molar-refractivity contribution is 5.17. The van der Waals surface area contributed by atoms with Crippen LogP contribution in [0.2, 0.25) is 0 Å². The van der Waals surface area contributed by atoms with Gasteiger partial charge in [-0.1, -0.05) is 0 Å². The summed E-state index contributed by atoms with van der Waals surface area (Å²) in [6.45, 7) is 5.98. The maximum Gasteiger partial charge on any atom is 0.122 e. The van der Waals surface area contributed by atoms with Crippen molar-refractivity contribution in [3.63, 3.8) is 0 Å². The number of nitrogens with zero attached hydrogens (tertiary/aromatic N) is 1. The lowest BCUT2D eigenvalue weighted by molar-refractivity contribution is 0.111. The molecule has 4 nitrogen and oxygen atoms in total. The zero-order chi connectivity index (χ0) is 14.7. The quantitative estimate of drug-likeness (QED) is 0.719. The number of rotatable bonds is 10. The average Bonchev–Trinajstić information content (AvgIpc) is 3.40. The molecule has 1 aromatic rings. The minimum atomic E-state index is 0.638. The number of hydrogen-bond acceptors (Lipinski definition) is 4. The Balaban J connectivity index is 1.59. The summed E-state index contributed by atoms with van der Waals surface area (Å²) in [4.78, 5) is 2.55. The molecule has 21 heavy (non-hydrogen) atoms. The summed E-state index contributed by atoms with van der Waals surface area (Å²) in [5, 5.41) is 3.54. The fraction of sp³-hybridized carbons (Fsp3) is 0.765. The standard InChI is InChI=1S/C17H28N2O2/c1-13(14-3-4-14)19(8-10-20-2)12-15-7-9-21-17(15)11-18-16-5-6-16/h7,9,13-14,16,18H,3-6,8,10-12H2,1-2H3. The molecule has 4 heteroatoms. The highest BCUT2D eigenvalue weighted by atomic mass is 16.5. The molecule has 0 radical (unpaired) electrons. The SMILES string of the molecule is COCCN(Cc1ccoc1CNC1CC1)C(C)C1CC1. The van der Waals surface area contributed by atoms with Gasteiger partial charge >= 0.3 is 0 Å². The Labute approximate surface area is 127 Å². The maximum atomic E-state index is 5.68. The fourth-order valence-corrected chi connectivity index (χ4v) is 2.92. The van der Waals surface area contributed by atoms with Crippen molar-refractivity contribution in [2.75, 3.05) is 20.3 Å². The monoisotopic (exact) mass is 292 g/mol. The second kappa shape index (κ2) is 6.95. The molecule has 1 aromatic heterocycles. The number of nitrogens with one attached hydrogen (secondary N) is 1. The van der Waals surface area contributed by atoms with Crippen molar-refractivity contribution in [2.45, 2.75) is 57.8 Å². The number of ether oxygens (including phenoxy) is 1. The van der Waals surface area contributed by atoms with E-state index >= 15 is 0 Å². The van der Waals surface area contributed by atoms with Gasteiger partial charge in [-0.05, 0) is 44.6 Å². The van der Waals surface area contributed by atoms with E-state index in [0.717, 1.165) is 44.0 Å². The molecule has 118 valence electrons. The Kier molecular flexibility index (Phi) is 4.99. The van der Waals surface area contributed by atoms with Gasteiger partial charge in [0.15, 0.2) is 0 Å². The number of furan rings is 1. The van der Waals surface area contributed by atoms with Crippen LogP contribution in [-0.2, 0) is 17.8 Å². The van der Waals surface area contributed by atoms with Crippen LogP contribution in [0.25, 0.3) is 0 Å². The molecule has 0 aromatic carbocycles. The lowest BCUT2D eigenvalue weighted by Crippen LogP contribution is -2.36. The molecule has 0 spiro atoms. The molecular weight excluding hydrogens is 264 g/mol. The average molecular weight is 292 g/mol. The van der Waals surface area contributed by atoms with Gasteiger partial charge in [0.05, 0.1) is 19.4 Å². The second-order valence-corrected chi connectivity index (χ2v) is 6.57. The normalized spacial score (nSPS) is 20.1. The van der Waals surface area contributed by atoms with E-state index in [1.54, 1.807) is 7.11 Å². The van der Waals surface area contributed by atoms with E-state index in [2.05, 4.69) is 23.2 Å². The Morgan fingerprint density at radius 3 is 2.86 bits per heavy atom. The van der Waals surface area contributed by atoms with Crippen LogP contribution in [0.4, 0.5) is 0 Å². The Morgan fingerprint density at radius 1 is 1.38 bits per heavy atom. The van der Waals surface area contributed by atoms with Crippen molar-refractivity contribution in [1.29, 1.82) is 0 Å². The van der Waals surface area contributed by atoms with Gasteiger partial charge in [-0.25, -0.2) is 0 Å². The van der Waals surface area contributed by atoms with Crippen molar-refractivity contribution in [3.05, 3.63) is 23.7 Å². The summed E-state index contributed by atoms with van der Waals surface area (Å²) in [7, 11) is 1.78. The molecule has 1 N–H and O–H groups in total. The van der Waals surface area contributed by atoms with Gasteiger partial charge in [0.25, 0.3) is 0 Å². The van der Waals surface area contributed by atoms with Crippen molar-refractivity contribution >= 4 is 0 Å². The summed E-state index contributed by atoms with van der Waals surface area (Å²) in [6, 6.07) is 3.49. The topological polar surface area (TPSA) is 37.6 Å². The first kappa shape index (κ1) is 15.1. The van der Waals surface area contributed by atoms with Gasteiger partial charge in [0, 0.05) is 37.8 Å². The molecular formula is C17H28N2O2. The van der Waals surface area contributed by atoms with Gasteiger partial charge in [0.2, 0.25) is 0 Å². The van der Waals surface area contributed by atoms with Crippen LogP contribution in [0.5, 0.6) is 0 Å². The van der Waals surface area contributed by atoms with E-state index in [9.17, 15) is 0 Å². The van der Waals surface area contributed by atoms with Crippen LogP contribution in [-0.4, -0.2) is 37.2 Å². The van der Waals surface area contributed by atoms with Gasteiger partial charge in [-0.15, -0.1) is 0 Å². The molecule has 0 saturated heterocycles. The van der Waals surface area contributed by atoms with Crippen LogP contribution in [0.3, 0.4) is 0 Å². The molecule has 0 aliphatic heterocycles. The smallest absolute Gasteiger partial charge is 0.122 e. The van der Waals surface area contributed by atoms with E-state index in [0.29, 0.717) is 6.04 Å². The zero-order valence-corrected chi connectivity index (χ0v) is 13.3. The third-order valence-corrected chi connectivity index (χ3v) is 4.80. The molecule has 2 fully saturated rings. The van der Waals surface area contributed by atoms with Crippen molar-refractivity contribution < 1.29 is 9.15 Å². The largest absolute Gasteiger partial charge is 0.468 e. The minimum absolute atomic E-state index is 0.638. The third-order valence-electron chi connectivity index (χ3n) is 4.80. The Bertz CT molecular complexity index is 438. The molecule has 2 saturated carbocycles. The molecule has 0 amide bonds. The van der Waals surface area contributed by atoms with Crippen molar-refractivity contribution in [3.8, 4) is 0 Å². The van der Waals surface area contributed by atoms with Gasteiger partial charge in [0.1, 0.15) is 5.76 Å². The Hall–Kier alpha value is -0.840. The van der Waals surface area contributed by atoms with Crippen LogP contribution in [0.15, 0.2) is 16.7 Å². The molecule has 2 aliphatic carbocycles.